The van der Waals surface area contributed by atoms with Crippen molar-refractivity contribution in [2.75, 3.05) is 19.7 Å². The molecule has 0 aliphatic carbocycles. The summed E-state index contributed by atoms with van der Waals surface area (Å²) in [5.74, 6) is 0. The number of aryl methyl sites for hydroxylation is 1. The van der Waals surface area contributed by atoms with Crippen LogP contribution in [0.3, 0.4) is 0 Å². The van der Waals surface area contributed by atoms with Gasteiger partial charge in [0.1, 0.15) is 0 Å². The summed E-state index contributed by atoms with van der Waals surface area (Å²) in [4.78, 5) is 2.46. The largest absolute Gasteiger partial charge is 0.375 e. The third-order valence-electron chi connectivity index (χ3n) is 3.76. The van der Waals surface area contributed by atoms with Crippen LogP contribution in [0.1, 0.15) is 39.3 Å². The number of hydrogen-bond donors (Lipinski definition) is 0. The fourth-order valence-electron chi connectivity index (χ4n) is 2.36. The lowest BCUT2D eigenvalue weighted by molar-refractivity contribution is -0.0816. The Hall–Kier alpha value is -0.570. The first-order valence-electron chi connectivity index (χ1n) is 6.95. The third kappa shape index (κ3) is 4.47. The van der Waals surface area contributed by atoms with Gasteiger partial charge < -0.3 is 4.74 Å². The molecule has 0 spiro atoms. The van der Waals surface area contributed by atoms with E-state index in [0.29, 0.717) is 6.10 Å². The van der Waals surface area contributed by atoms with Crippen LogP contribution in [0.5, 0.6) is 0 Å². The normalized spacial score (nSPS) is 20.6. The molecule has 1 aliphatic heterocycles. The van der Waals surface area contributed by atoms with E-state index in [1.165, 1.54) is 5.56 Å². The van der Waals surface area contributed by atoms with Crippen molar-refractivity contribution in [3.8, 4) is 0 Å². The Morgan fingerprint density at radius 3 is 2.65 bits per heavy atom. The topological polar surface area (TPSA) is 12.5 Å². The molecular weight excluding hydrogens is 270 g/mol. The van der Waals surface area contributed by atoms with Crippen LogP contribution < -0.4 is 0 Å². The summed E-state index contributed by atoms with van der Waals surface area (Å²) in [6.07, 6.45) is 0.308. The fourth-order valence-corrected chi connectivity index (χ4v) is 2.57. The molecule has 1 saturated heterocycles. The van der Waals surface area contributed by atoms with E-state index in [-0.39, 0.29) is 12.8 Å². The number of morpholine rings is 1. The number of halogens is 1. The van der Waals surface area contributed by atoms with E-state index in [2.05, 4.69) is 43.9 Å². The van der Waals surface area contributed by atoms with E-state index in [4.69, 9.17) is 16.3 Å². The highest BCUT2D eigenvalue weighted by Crippen LogP contribution is 2.26. The van der Waals surface area contributed by atoms with Gasteiger partial charge in [-0.2, -0.15) is 0 Å². The van der Waals surface area contributed by atoms with Gasteiger partial charge in [-0.15, -0.1) is 0 Å². The zero-order valence-corrected chi connectivity index (χ0v) is 13.1. The van der Waals surface area contributed by atoms with Gasteiger partial charge >= 0.3 is 0 Å². The molecule has 114 valence electrons. The summed E-state index contributed by atoms with van der Waals surface area (Å²) in [6, 6.07) is 6.35. The molecule has 1 heterocycles. The number of nitrogens with zero attached hydrogens (tertiary/aromatic N) is 1. The second-order valence-electron chi connectivity index (χ2n) is 6.54. The number of ether oxygens (including phenoxy) is 1. The average Bonchev–Trinajstić information content (AvgIpc) is 2.33. The van der Waals surface area contributed by atoms with Crippen LogP contribution >= 0.6 is 11.6 Å². The Kier molecular flexibility index (Phi) is 6.06. The van der Waals surface area contributed by atoms with Gasteiger partial charge in [0.25, 0.3) is 0 Å². The number of hydrogen-bond acceptors (Lipinski definition) is 2. The minimum absolute atomic E-state index is 0. The van der Waals surface area contributed by atoms with Crippen LogP contribution in [-0.4, -0.2) is 30.7 Å². The van der Waals surface area contributed by atoms with Gasteiger partial charge in [0.2, 0.25) is 0 Å². The van der Waals surface area contributed by atoms with E-state index >= 15 is 0 Å². The van der Waals surface area contributed by atoms with E-state index in [9.17, 15) is 0 Å². The Morgan fingerprint density at radius 1 is 1.35 bits per heavy atom. The van der Waals surface area contributed by atoms with Crippen molar-refractivity contribution < 1.29 is 4.74 Å². The van der Waals surface area contributed by atoms with Gasteiger partial charge in [-0.25, -0.2) is 0 Å². The lowest BCUT2D eigenvalue weighted by Gasteiger charge is -2.39. The minimum Gasteiger partial charge on any atom is -0.375 e. The van der Waals surface area contributed by atoms with E-state index in [1.807, 2.05) is 6.92 Å². The Morgan fingerprint density at radius 2 is 2.05 bits per heavy atom. The van der Waals surface area contributed by atoms with Gasteiger partial charge in [0.15, 0.2) is 0 Å². The molecule has 20 heavy (non-hydrogen) atoms. The van der Waals surface area contributed by atoms with Crippen LogP contribution in [0.15, 0.2) is 18.2 Å². The first-order chi connectivity index (χ1) is 8.86. The van der Waals surface area contributed by atoms with E-state index < -0.39 is 0 Å². The van der Waals surface area contributed by atoms with Crippen molar-refractivity contribution in [1.82, 2.24) is 4.90 Å². The maximum absolute atomic E-state index is 6.19. The Labute approximate surface area is 129 Å². The molecule has 1 aromatic rings. The van der Waals surface area contributed by atoms with Crippen LogP contribution in [0.25, 0.3) is 0 Å². The summed E-state index contributed by atoms with van der Waals surface area (Å²) in [7, 11) is 0. The molecule has 2 rings (SSSR count). The smallest absolute Gasteiger partial charge is 0.0750 e. The van der Waals surface area contributed by atoms with Gasteiger partial charge in [-0.05, 0) is 29.5 Å². The molecule has 0 amide bonds. The van der Waals surface area contributed by atoms with Crippen LogP contribution in [0.4, 0.5) is 0 Å². The zero-order valence-electron chi connectivity index (χ0n) is 12.4. The molecule has 0 N–H and O–H groups in total. The first kappa shape index (κ1) is 17.5. The van der Waals surface area contributed by atoms with Crippen molar-refractivity contribution in [1.29, 1.82) is 0 Å². The maximum Gasteiger partial charge on any atom is 0.0750 e. The number of benzene rings is 1. The summed E-state index contributed by atoms with van der Waals surface area (Å²) >= 11 is 6.19. The predicted molar refractivity (Wildman–Crippen MR) is 87.4 cm³/mol. The Bertz CT molecular complexity index is 439. The minimum atomic E-state index is 0. The van der Waals surface area contributed by atoms with Crippen molar-refractivity contribution in [2.45, 2.75) is 47.8 Å². The first-order valence-corrected chi connectivity index (χ1v) is 7.33. The molecule has 0 radical (unpaired) electrons. The lowest BCUT2D eigenvalue weighted by atomic mass is 9.88. The van der Waals surface area contributed by atoms with E-state index in [1.54, 1.807) is 0 Å². The highest BCUT2D eigenvalue weighted by atomic mass is 35.5. The number of rotatable bonds is 2. The van der Waals surface area contributed by atoms with Gasteiger partial charge in [0.05, 0.1) is 12.7 Å². The predicted octanol–water partition coefficient (Wildman–Crippen LogP) is 4.53. The second kappa shape index (κ2) is 6.93. The van der Waals surface area contributed by atoms with Crippen molar-refractivity contribution >= 4 is 11.6 Å². The molecule has 1 unspecified atom stereocenters. The van der Waals surface area contributed by atoms with Crippen molar-refractivity contribution in [3.63, 3.8) is 0 Å². The quantitative estimate of drug-likeness (QED) is 0.795. The standard InChI is InChI=1S/C16H24ClNO.CH4/c1-12-5-6-13(9-14(12)17)10-18-7-8-19-15(11-18)16(2,3)4;/h5-6,9,15H,7-8,10-11H2,1-4H3;1H4. The highest BCUT2D eigenvalue weighted by molar-refractivity contribution is 6.31. The molecule has 0 bridgehead atoms. The summed E-state index contributed by atoms with van der Waals surface area (Å²) in [5.41, 5.74) is 2.62. The van der Waals surface area contributed by atoms with Gasteiger partial charge in [-0.3, -0.25) is 4.90 Å². The molecule has 3 heteroatoms. The molecule has 0 saturated carbocycles. The SMILES string of the molecule is C.Cc1ccc(CN2CCOC(C(C)(C)C)C2)cc1Cl. The van der Waals surface area contributed by atoms with Gasteiger partial charge in [-0.1, -0.05) is 51.9 Å². The van der Waals surface area contributed by atoms with Crippen LogP contribution in [0, 0.1) is 12.3 Å². The molecule has 1 atom stereocenters. The van der Waals surface area contributed by atoms with Crippen LogP contribution in [-0.2, 0) is 11.3 Å². The lowest BCUT2D eigenvalue weighted by Crippen LogP contribution is -2.47. The molecule has 1 aliphatic rings. The summed E-state index contributed by atoms with van der Waals surface area (Å²) in [6.45, 7) is 12.5. The van der Waals surface area contributed by atoms with Crippen LogP contribution in [0.2, 0.25) is 5.02 Å². The third-order valence-corrected chi connectivity index (χ3v) is 4.17. The van der Waals surface area contributed by atoms with Crippen molar-refractivity contribution in [3.05, 3.63) is 34.3 Å². The van der Waals surface area contributed by atoms with E-state index in [0.717, 1.165) is 36.8 Å². The van der Waals surface area contributed by atoms with Crippen molar-refractivity contribution in [2.24, 2.45) is 5.41 Å². The molecule has 0 aromatic heterocycles. The highest BCUT2D eigenvalue weighted by Gasteiger charge is 2.30. The summed E-state index contributed by atoms with van der Waals surface area (Å²) in [5, 5.41) is 0.859. The second-order valence-corrected chi connectivity index (χ2v) is 6.95. The summed E-state index contributed by atoms with van der Waals surface area (Å²) < 4.78 is 5.89. The molecule has 2 nitrogen and oxygen atoms in total. The molecule has 1 aromatic carbocycles. The molecular formula is C17H28ClNO. The fraction of sp³-hybridized carbons (Fsp3) is 0.647. The van der Waals surface area contributed by atoms with Gasteiger partial charge in [0, 0.05) is 24.7 Å². The maximum atomic E-state index is 6.19. The zero-order chi connectivity index (χ0) is 14.0. The average molecular weight is 298 g/mol. The molecule has 1 fully saturated rings. The Balaban J connectivity index is 0.00000200. The monoisotopic (exact) mass is 297 g/mol.